The molecule has 0 saturated heterocycles. The third kappa shape index (κ3) is 3.56. The number of hydrogen-bond acceptors (Lipinski definition) is 2. The van der Waals surface area contributed by atoms with Crippen molar-refractivity contribution in [3.8, 4) is 5.75 Å². The summed E-state index contributed by atoms with van der Waals surface area (Å²) in [4.78, 5) is 0. The fourth-order valence-corrected chi connectivity index (χ4v) is 1.39. The summed E-state index contributed by atoms with van der Waals surface area (Å²) >= 11 is 0. The van der Waals surface area contributed by atoms with Crippen LogP contribution in [0, 0.1) is 0 Å². The second-order valence-corrected chi connectivity index (χ2v) is 3.90. The maximum atomic E-state index is 5.85. The van der Waals surface area contributed by atoms with Crippen molar-refractivity contribution >= 4 is 0 Å². The lowest BCUT2D eigenvalue weighted by atomic mass is 10.1. The Balaban J connectivity index is 2.63. The highest BCUT2D eigenvalue weighted by molar-refractivity contribution is 5.28. The largest absolute Gasteiger partial charge is 0.489 e. The van der Waals surface area contributed by atoms with Crippen molar-refractivity contribution in [1.82, 2.24) is 5.32 Å². The fourth-order valence-electron chi connectivity index (χ4n) is 1.39. The first-order valence-corrected chi connectivity index (χ1v) is 5.60. The lowest BCUT2D eigenvalue weighted by molar-refractivity contribution is 0.182. The summed E-state index contributed by atoms with van der Waals surface area (Å²) in [5, 5.41) is 3.19. The van der Waals surface area contributed by atoms with Crippen LogP contribution in [-0.2, 0) is 6.42 Å². The van der Waals surface area contributed by atoms with E-state index in [1.54, 1.807) is 0 Å². The molecule has 2 atom stereocenters. The van der Waals surface area contributed by atoms with Crippen LogP contribution < -0.4 is 10.1 Å². The van der Waals surface area contributed by atoms with Crippen molar-refractivity contribution in [1.29, 1.82) is 0 Å². The predicted molar refractivity (Wildman–Crippen MR) is 64.4 cm³/mol. The van der Waals surface area contributed by atoms with Crippen molar-refractivity contribution in [3.05, 3.63) is 29.8 Å². The molecule has 0 fully saturated rings. The number of ether oxygens (including phenoxy) is 1. The summed E-state index contributed by atoms with van der Waals surface area (Å²) in [6.45, 7) is 6.35. The lowest BCUT2D eigenvalue weighted by Crippen LogP contribution is -2.36. The number of benzene rings is 1. The van der Waals surface area contributed by atoms with Gasteiger partial charge in [-0.15, -0.1) is 0 Å². The van der Waals surface area contributed by atoms with Gasteiger partial charge in [-0.25, -0.2) is 0 Å². The van der Waals surface area contributed by atoms with Crippen LogP contribution >= 0.6 is 0 Å². The minimum atomic E-state index is 0.183. The van der Waals surface area contributed by atoms with Crippen LogP contribution in [0.25, 0.3) is 0 Å². The first kappa shape index (κ1) is 12.1. The van der Waals surface area contributed by atoms with Gasteiger partial charge < -0.3 is 10.1 Å². The van der Waals surface area contributed by atoms with Crippen LogP contribution in [0.5, 0.6) is 5.75 Å². The van der Waals surface area contributed by atoms with Crippen molar-refractivity contribution in [2.45, 2.75) is 39.3 Å². The topological polar surface area (TPSA) is 21.3 Å². The lowest BCUT2D eigenvalue weighted by Gasteiger charge is -2.21. The van der Waals surface area contributed by atoms with Gasteiger partial charge in [-0.3, -0.25) is 0 Å². The highest BCUT2D eigenvalue weighted by atomic mass is 16.5. The highest BCUT2D eigenvalue weighted by Gasteiger charge is 2.11. The van der Waals surface area contributed by atoms with E-state index in [2.05, 4.69) is 38.2 Å². The molecule has 0 radical (unpaired) electrons. The van der Waals surface area contributed by atoms with Crippen LogP contribution in [0.1, 0.15) is 26.3 Å². The molecule has 0 spiro atoms. The number of rotatable bonds is 5. The normalized spacial score (nSPS) is 14.7. The monoisotopic (exact) mass is 207 g/mol. The Hall–Kier alpha value is -1.02. The zero-order chi connectivity index (χ0) is 11.3. The van der Waals surface area contributed by atoms with E-state index in [1.807, 2.05) is 19.2 Å². The summed E-state index contributed by atoms with van der Waals surface area (Å²) in [6.07, 6.45) is 1.23. The molecule has 1 aromatic rings. The van der Waals surface area contributed by atoms with Crippen molar-refractivity contribution < 1.29 is 4.74 Å². The zero-order valence-electron chi connectivity index (χ0n) is 10.1. The maximum absolute atomic E-state index is 5.85. The van der Waals surface area contributed by atoms with E-state index < -0.39 is 0 Å². The van der Waals surface area contributed by atoms with Gasteiger partial charge in [0.2, 0.25) is 0 Å². The number of nitrogens with one attached hydrogen (secondary N) is 1. The van der Waals surface area contributed by atoms with Gasteiger partial charge in [0.1, 0.15) is 11.9 Å². The summed E-state index contributed by atoms with van der Waals surface area (Å²) in [7, 11) is 1.95. The number of aryl methyl sites for hydroxylation is 1. The molecule has 1 aromatic carbocycles. The minimum absolute atomic E-state index is 0.183. The Kier molecular flexibility index (Phi) is 4.63. The van der Waals surface area contributed by atoms with E-state index in [1.165, 1.54) is 5.56 Å². The molecule has 0 aliphatic heterocycles. The fraction of sp³-hybridized carbons (Fsp3) is 0.538. The summed E-state index contributed by atoms with van der Waals surface area (Å²) in [5.41, 5.74) is 1.32. The molecule has 0 heterocycles. The molecule has 2 heteroatoms. The Morgan fingerprint density at radius 1 is 1.33 bits per heavy atom. The SMILES string of the molecule is CCc1cccc(OC(C)C(C)NC)c1. The molecule has 0 aromatic heterocycles. The Bertz CT molecular complexity index is 298. The molecule has 15 heavy (non-hydrogen) atoms. The van der Waals surface area contributed by atoms with E-state index in [9.17, 15) is 0 Å². The van der Waals surface area contributed by atoms with Crippen molar-refractivity contribution in [2.75, 3.05) is 7.05 Å². The molecule has 0 bridgehead atoms. The van der Waals surface area contributed by atoms with Crippen LogP contribution in [0.4, 0.5) is 0 Å². The summed E-state index contributed by atoms with van der Waals surface area (Å²) < 4.78 is 5.85. The molecular weight excluding hydrogens is 186 g/mol. The Morgan fingerprint density at radius 2 is 2.07 bits per heavy atom. The standard InChI is InChI=1S/C13H21NO/c1-5-12-7-6-8-13(9-12)15-11(3)10(2)14-4/h6-11,14H,5H2,1-4H3. The third-order valence-electron chi connectivity index (χ3n) is 2.79. The minimum Gasteiger partial charge on any atom is -0.489 e. The third-order valence-corrected chi connectivity index (χ3v) is 2.79. The Morgan fingerprint density at radius 3 is 2.67 bits per heavy atom. The second kappa shape index (κ2) is 5.76. The van der Waals surface area contributed by atoms with E-state index in [0.29, 0.717) is 6.04 Å². The molecule has 1 N–H and O–H groups in total. The zero-order valence-corrected chi connectivity index (χ0v) is 10.1. The summed E-state index contributed by atoms with van der Waals surface area (Å²) in [5.74, 6) is 0.962. The highest BCUT2D eigenvalue weighted by Crippen LogP contribution is 2.16. The second-order valence-electron chi connectivity index (χ2n) is 3.90. The number of likely N-dealkylation sites (N-methyl/N-ethyl adjacent to an activating group) is 1. The average Bonchev–Trinajstić information content (AvgIpc) is 2.28. The van der Waals surface area contributed by atoms with E-state index in [4.69, 9.17) is 4.74 Å². The van der Waals surface area contributed by atoms with Gasteiger partial charge in [-0.2, -0.15) is 0 Å². The first-order chi connectivity index (χ1) is 7.17. The molecule has 1 rings (SSSR count). The smallest absolute Gasteiger partial charge is 0.120 e. The van der Waals surface area contributed by atoms with E-state index in [0.717, 1.165) is 12.2 Å². The van der Waals surface area contributed by atoms with Gasteiger partial charge in [0.25, 0.3) is 0 Å². The van der Waals surface area contributed by atoms with Crippen LogP contribution in [-0.4, -0.2) is 19.2 Å². The molecule has 2 nitrogen and oxygen atoms in total. The van der Waals surface area contributed by atoms with Gasteiger partial charge in [-0.1, -0.05) is 19.1 Å². The van der Waals surface area contributed by atoms with Crippen LogP contribution in [0.2, 0.25) is 0 Å². The van der Waals surface area contributed by atoms with Crippen LogP contribution in [0.15, 0.2) is 24.3 Å². The summed E-state index contributed by atoms with van der Waals surface area (Å²) in [6, 6.07) is 8.65. The van der Waals surface area contributed by atoms with E-state index in [-0.39, 0.29) is 6.10 Å². The van der Waals surface area contributed by atoms with Crippen molar-refractivity contribution in [3.63, 3.8) is 0 Å². The van der Waals surface area contributed by atoms with Crippen molar-refractivity contribution in [2.24, 2.45) is 0 Å². The van der Waals surface area contributed by atoms with Gasteiger partial charge in [0.15, 0.2) is 0 Å². The molecule has 0 saturated carbocycles. The quantitative estimate of drug-likeness (QED) is 0.801. The molecule has 2 unspecified atom stereocenters. The molecule has 0 aliphatic carbocycles. The Labute approximate surface area is 92.6 Å². The van der Waals surface area contributed by atoms with Crippen LogP contribution in [0.3, 0.4) is 0 Å². The van der Waals surface area contributed by atoms with Gasteiger partial charge in [-0.05, 0) is 45.0 Å². The maximum Gasteiger partial charge on any atom is 0.120 e. The molecule has 84 valence electrons. The predicted octanol–water partition coefficient (Wildman–Crippen LogP) is 2.62. The van der Waals surface area contributed by atoms with Gasteiger partial charge >= 0.3 is 0 Å². The average molecular weight is 207 g/mol. The molecule has 0 amide bonds. The number of hydrogen-bond donors (Lipinski definition) is 1. The molecular formula is C13H21NO. The van der Waals surface area contributed by atoms with Gasteiger partial charge in [0, 0.05) is 6.04 Å². The van der Waals surface area contributed by atoms with E-state index >= 15 is 0 Å². The molecule has 0 aliphatic rings. The van der Waals surface area contributed by atoms with Gasteiger partial charge in [0.05, 0.1) is 0 Å². The first-order valence-electron chi connectivity index (χ1n) is 5.60.